The van der Waals surface area contributed by atoms with Crippen LogP contribution in [0.25, 0.3) is 0 Å². The Morgan fingerprint density at radius 2 is 1.93 bits per heavy atom. The Kier molecular flexibility index (Phi) is 6.89. The molecule has 0 spiro atoms. The van der Waals surface area contributed by atoms with Gasteiger partial charge in [0.25, 0.3) is 0 Å². The van der Waals surface area contributed by atoms with Gasteiger partial charge < -0.3 is 18.0 Å². The van der Waals surface area contributed by atoms with Crippen LogP contribution in [-0.4, -0.2) is 35.8 Å². The van der Waals surface area contributed by atoms with E-state index in [-0.39, 0.29) is 6.79 Å². The first-order valence-corrected chi connectivity index (χ1v) is 6.21. The van der Waals surface area contributed by atoms with E-state index in [2.05, 4.69) is 17.9 Å². The molecule has 6 heteroatoms. The Morgan fingerprint density at radius 1 is 1.33 bits per heavy atom. The molecular formula is C9H16O5Si. The van der Waals surface area contributed by atoms with Crippen molar-refractivity contribution in [3.05, 3.63) is 25.3 Å². The predicted octanol–water partition coefficient (Wildman–Crippen LogP) is 1.11. The lowest BCUT2D eigenvalue weighted by molar-refractivity contribution is -0.146. The number of hydrogen-bond acceptors (Lipinski definition) is 5. The van der Waals surface area contributed by atoms with E-state index >= 15 is 0 Å². The van der Waals surface area contributed by atoms with Gasteiger partial charge in [-0.3, -0.25) is 0 Å². The van der Waals surface area contributed by atoms with E-state index in [1.165, 1.54) is 14.2 Å². The number of hydrogen-bond donors (Lipinski definition) is 0. The molecule has 15 heavy (non-hydrogen) atoms. The average molecular weight is 232 g/mol. The molecule has 0 aromatic carbocycles. The molecule has 0 saturated heterocycles. The van der Waals surface area contributed by atoms with Crippen molar-refractivity contribution in [2.24, 2.45) is 0 Å². The summed E-state index contributed by atoms with van der Waals surface area (Å²) in [4.78, 5) is 10.7. The summed E-state index contributed by atoms with van der Waals surface area (Å²) in [5.74, 6) is -0.552. The van der Waals surface area contributed by atoms with Crippen molar-refractivity contribution in [3.8, 4) is 0 Å². The van der Waals surface area contributed by atoms with Gasteiger partial charge in [-0.15, -0.1) is 6.58 Å². The maximum atomic E-state index is 10.7. The van der Waals surface area contributed by atoms with E-state index in [1.54, 1.807) is 6.08 Å². The van der Waals surface area contributed by atoms with Crippen molar-refractivity contribution < 1.29 is 22.8 Å². The molecule has 0 aliphatic heterocycles. The van der Waals surface area contributed by atoms with Gasteiger partial charge in [-0.05, 0) is 0 Å². The Labute approximate surface area is 90.6 Å². The lowest BCUT2D eigenvalue weighted by atomic mass is 10.7. The van der Waals surface area contributed by atoms with Crippen LogP contribution in [0, 0.1) is 0 Å². The fourth-order valence-corrected chi connectivity index (χ4v) is 2.29. The third-order valence-corrected chi connectivity index (χ3v) is 4.25. The summed E-state index contributed by atoms with van der Waals surface area (Å²) in [5, 5.41) is 0. The Balaban J connectivity index is 4.10. The highest BCUT2D eigenvalue weighted by Gasteiger charge is 2.37. The van der Waals surface area contributed by atoms with Crippen LogP contribution in [-0.2, 0) is 22.8 Å². The molecule has 0 heterocycles. The van der Waals surface area contributed by atoms with Gasteiger partial charge in [-0.25, -0.2) is 4.79 Å². The molecule has 86 valence electrons. The van der Waals surface area contributed by atoms with Crippen molar-refractivity contribution in [3.63, 3.8) is 0 Å². The molecule has 0 aromatic heterocycles. The van der Waals surface area contributed by atoms with Crippen molar-refractivity contribution >= 4 is 14.8 Å². The van der Waals surface area contributed by atoms with Crippen LogP contribution in [0.3, 0.4) is 0 Å². The molecule has 0 atom stereocenters. The van der Waals surface area contributed by atoms with Gasteiger partial charge in [0.05, 0.1) is 0 Å². The third kappa shape index (κ3) is 4.89. The van der Waals surface area contributed by atoms with E-state index in [1.807, 2.05) is 0 Å². The third-order valence-electron chi connectivity index (χ3n) is 1.66. The first kappa shape index (κ1) is 14.0. The van der Waals surface area contributed by atoms with Gasteiger partial charge in [0, 0.05) is 26.3 Å². The van der Waals surface area contributed by atoms with Gasteiger partial charge >= 0.3 is 14.8 Å². The quantitative estimate of drug-likeness (QED) is 0.206. The average Bonchev–Trinajstić information content (AvgIpc) is 2.27. The molecule has 0 radical (unpaired) electrons. The summed E-state index contributed by atoms with van der Waals surface area (Å²) in [7, 11) is 0.209. The van der Waals surface area contributed by atoms with Gasteiger partial charge in [-0.2, -0.15) is 0 Å². The second-order valence-corrected chi connectivity index (χ2v) is 5.39. The standard InChI is InChI=1S/C9H16O5Si/c1-5-7-15(11-3,12-4)14-8-13-9(10)6-2/h5-6H,1-2,7-8H2,3-4H3. The number of rotatable bonds is 8. The van der Waals surface area contributed by atoms with E-state index in [4.69, 9.17) is 13.3 Å². The number of allylic oxidation sites excluding steroid dienone is 1. The summed E-state index contributed by atoms with van der Waals surface area (Å²) in [5.41, 5.74) is 0. The van der Waals surface area contributed by atoms with Crippen LogP contribution in [0.15, 0.2) is 25.3 Å². The minimum Gasteiger partial charge on any atom is -0.436 e. The molecule has 0 rings (SSSR count). The summed E-state index contributed by atoms with van der Waals surface area (Å²) in [6.07, 6.45) is 2.69. The maximum Gasteiger partial charge on any atom is 0.506 e. The fraction of sp³-hybridized carbons (Fsp3) is 0.444. The second kappa shape index (κ2) is 7.35. The highest BCUT2D eigenvalue weighted by atomic mass is 28.4. The molecule has 0 aliphatic rings. The zero-order valence-electron chi connectivity index (χ0n) is 9.02. The minimum atomic E-state index is -2.75. The minimum absolute atomic E-state index is 0.216. The van der Waals surface area contributed by atoms with Crippen LogP contribution in [0.5, 0.6) is 0 Å². The molecule has 0 aliphatic carbocycles. The molecule has 0 unspecified atom stereocenters. The van der Waals surface area contributed by atoms with Gasteiger partial charge in [-0.1, -0.05) is 12.7 Å². The molecule has 0 amide bonds. The molecule has 5 nitrogen and oxygen atoms in total. The topological polar surface area (TPSA) is 54.0 Å². The molecule has 0 bridgehead atoms. The Bertz CT molecular complexity index is 225. The highest BCUT2D eigenvalue weighted by Crippen LogP contribution is 2.13. The summed E-state index contributed by atoms with van der Waals surface area (Å²) in [6.45, 7) is 6.61. The SMILES string of the molecule is C=CC[Si](OC)(OC)OCOC(=O)C=C. The smallest absolute Gasteiger partial charge is 0.436 e. The van der Waals surface area contributed by atoms with Crippen LogP contribution >= 0.6 is 0 Å². The normalized spacial score (nSPS) is 10.8. The van der Waals surface area contributed by atoms with Crippen LogP contribution < -0.4 is 0 Å². The van der Waals surface area contributed by atoms with Crippen molar-refractivity contribution in [1.82, 2.24) is 0 Å². The Hall–Kier alpha value is -0.953. The van der Waals surface area contributed by atoms with Crippen LogP contribution in [0.2, 0.25) is 6.04 Å². The number of carbonyl (C=O) groups excluding carboxylic acids is 1. The monoisotopic (exact) mass is 232 g/mol. The van der Waals surface area contributed by atoms with Crippen LogP contribution in [0.4, 0.5) is 0 Å². The highest BCUT2D eigenvalue weighted by molar-refractivity contribution is 6.61. The maximum absolute atomic E-state index is 10.7. The zero-order valence-corrected chi connectivity index (χ0v) is 10.0. The van der Waals surface area contributed by atoms with Crippen LogP contribution in [0.1, 0.15) is 0 Å². The molecular weight excluding hydrogens is 216 g/mol. The van der Waals surface area contributed by atoms with E-state index in [0.29, 0.717) is 6.04 Å². The fourth-order valence-electron chi connectivity index (χ4n) is 0.840. The summed E-state index contributed by atoms with van der Waals surface area (Å²) in [6, 6.07) is 0.450. The lowest BCUT2D eigenvalue weighted by Crippen LogP contribution is -2.44. The summed E-state index contributed by atoms with van der Waals surface area (Å²) >= 11 is 0. The Morgan fingerprint density at radius 3 is 2.33 bits per heavy atom. The molecule has 0 fully saturated rings. The second-order valence-electron chi connectivity index (χ2n) is 2.51. The first-order chi connectivity index (χ1) is 7.14. The van der Waals surface area contributed by atoms with Gasteiger partial charge in [0.2, 0.25) is 0 Å². The van der Waals surface area contributed by atoms with Gasteiger partial charge in [0.15, 0.2) is 6.79 Å². The largest absolute Gasteiger partial charge is 0.506 e. The number of ether oxygens (including phenoxy) is 1. The van der Waals surface area contributed by atoms with Crippen molar-refractivity contribution in [2.75, 3.05) is 21.0 Å². The lowest BCUT2D eigenvalue weighted by Gasteiger charge is -2.24. The van der Waals surface area contributed by atoms with Crippen molar-refractivity contribution in [1.29, 1.82) is 0 Å². The molecule has 0 aromatic rings. The zero-order chi connectivity index (χ0) is 11.7. The van der Waals surface area contributed by atoms with E-state index in [9.17, 15) is 4.79 Å². The van der Waals surface area contributed by atoms with E-state index in [0.717, 1.165) is 6.08 Å². The van der Waals surface area contributed by atoms with E-state index < -0.39 is 14.8 Å². The number of esters is 1. The first-order valence-electron chi connectivity index (χ1n) is 4.28. The predicted molar refractivity (Wildman–Crippen MR) is 57.0 cm³/mol. The molecule has 0 N–H and O–H groups in total. The summed E-state index contributed by atoms with van der Waals surface area (Å²) < 4.78 is 20.2. The molecule has 0 saturated carbocycles. The van der Waals surface area contributed by atoms with Gasteiger partial charge in [0.1, 0.15) is 0 Å². The number of carbonyl (C=O) groups is 1. The van der Waals surface area contributed by atoms with Crippen molar-refractivity contribution in [2.45, 2.75) is 6.04 Å².